The van der Waals surface area contributed by atoms with Crippen LogP contribution in [0.5, 0.6) is 5.75 Å². The number of likely N-dealkylation sites (tertiary alicyclic amines) is 1. The van der Waals surface area contributed by atoms with Gasteiger partial charge in [0.15, 0.2) is 0 Å². The normalized spacial score (nSPS) is 29.2. The van der Waals surface area contributed by atoms with Crippen molar-refractivity contribution >= 4 is 5.91 Å². The number of nitrogens with zero attached hydrogens (tertiary/aromatic N) is 1. The van der Waals surface area contributed by atoms with E-state index in [0.717, 1.165) is 51.3 Å². The van der Waals surface area contributed by atoms with E-state index in [2.05, 4.69) is 22.3 Å². The lowest BCUT2D eigenvalue weighted by molar-refractivity contribution is -0.123. The molecule has 1 saturated carbocycles. The summed E-state index contributed by atoms with van der Waals surface area (Å²) in [6.07, 6.45) is 4.07. The number of hydrogen-bond acceptors (Lipinski definition) is 4. The van der Waals surface area contributed by atoms with Gasteiger partial charge in [0.2, 0.25) is 5.91 Å². The minimum absolute atomic E-state index is 0.117. The van der Waals surface area contributed by atoms with E-state index in [0.29, 0.717) is 24.3 Å². The maximum Gasteiger partial charge on any atom is 0.222 e. The van der Waals surface area contributed by atoms with Crippen LogP contribution >= 0.6 is 0 Å². The molecule has 5 heteroatoms. The molecule has 3 atom stereocenters. The Labute approximate surface area is 149 Å². The van der Waals surface area contributed by atoms with Crippen LogP contribution in [-0.2, 0) is 16.1 Å². The Hall–Kier alpha value is -1.59. The lowest BCUT2D eigenvalue weighted by Crippen LogP contribution is -2.42. The standard InChI is InChI=1S/C20H28N2O3/c1-24-17-6-2-14(3-7-17)11-22-9-8-18-15(12-22)13-25-19(18)10-20(23)21-16-4-5-16/h2-3,6-7,15-16,18-19H,4-5,8-13H2,1H3,(H,21,23)/t15-,18-,19-/m1/s1. The zero-order valence-corrected chi connectivity index (χ0v) is 14.9. The molecule has 136 valence electrons. The Balaban J connectivity index is 1.27. The Morgan fingerprint density at radius 3 is 2.80 bits per heavy atom. The SMILES string of the molecule is COc1ccc(CN2CC[C@@H]3[C@@H](CO[C@@H]3CC(=O)NC3CC3)C2)cc1. The fourth-order valence-electron chi connectivity index (χ4n) is 4.20. The highest BCUT2D eigenvalue weighted by Crippen LogP contribution is 2.36. The second-order valence-electron chi connectivity index (χ2n) is 7.71. The molecule has 0 radical (unpaired) electrons. The van der Waals surface area contributed by atoms with E-state index >= 15 is 0 Å². The van der Waals surface area contributed by atoms with Crippen LogP contribution < -0.4 is 10.1 Å². The molecule has 0 unspecified atom stereocenters. The third-order valence-corrected chi connectivity index (χ3v) is 5.77. The summed E-state index contributed by atoms with van der Waals surface area (Å²) >= 11 is 0. The van der Waals surface area contributed by atoms with E-state index in [1.165, 1.54) is 5.56 Å². The van der Waals surface area contributed by atoms with E-state index in [1.54, 1.807) is 7.11 Å². The fourth-order valence-corrected chi connectivity index (χ4v) is 4.20. The summed E-state index contributed by atoms with van der Waals surface area (Å²) in [7, 11) is 1.70. The second-order valence-corrected chi connectivity index (χ2v) is 7.71. The number of ether oxygens (including phenoxy) is 2. The smallest absolute Gasteiger partial charge is 0.222 e. The van der Waals surface area contributed by atoms with Gasteiger partial charge in [0.25, 0.3) is 0 Å². The highest BCUT2D eigenvalue weighted by molar-refractivity contribution is 5.77. The van der Waals surface area contributed by atoms with Crippen molar-refractivity contribution in [1.82, 2.24) is 10.2 Å². The van der Waals surface area contributed by atoms with Crippen LogP contribution in [0.1, 0.15) is 31.2 Å². The maximum atomic E-state index is 12.1. The summed E-state index contributed by atoms with van der Waals surface area (Å²) in [4.78, 5) is 14.6. The van der Waals surface area contributed by atoms with Crippen molar-refractivity contribution in [1.29, 1.82) is 0 Å². The van der Waals surface area contributed by atoms with Gasteiger partial charge in [-0.25, -0.2) is 0 Å². The number of carbonyl (C=O) groups is 1. The molecule has 2 aliphatic heterocycles. The van der Waals surface area contributed by atoms with Gasteiger partial charge < -0.3 is 14.8 Å². The molecule has 5 nitrogen and oxygen atoms in total. The average molecular weight is 344 g/mol. The molecule has 0 spiro atoms. The van der Waals surface area contributed by atoms with Crippen molar-refractivity contribution in [2.24, 2.45) is 11.8 Å². The average Bonchev–Trinajstić information content (AvgIpc) is 3.35. The molecule has 2 heterocycles. The quantitative estimate of drug-likeness (QED) is 0.860. The second kappa shape index (κ2) is 7.34. The number of amides is 1. The molecule has 2 saturated heterocycles. The van der Waals surface area contributed by atoms with Gasteiger partial charge in [-0.15, -0.1) is 0 Å². The molecule has 1 aliphatic carbocycles. The topological polar surface area (TPSA) is 50.8 Å². The van der Waals surface area contributed by atoms with Gasteiger partial charge >= 0.3 is 0 Å². The summed E-state index contributed by atoms with van der Waals surface area (Å²) in [6.45, 7) is 3.92. The number of nitrogens with one attached hydrogen (secondary N) is 1. The summed E-state index contributed by atoms with van der Waals surface area (Å²) < 4.78 is 11.2. The first-order valence-corrected chi connectivity index (χ1v) is 9.47. The number of rotatable bonds is 6. The summed E-state index contributed by atoms with van der Waals surface area (Å²) in [5.74, 6) is 2.18. The largest absolute Gasteiger partial charge is 0.497 e. The molecule has 3 fully saturated rings. The minimum atomic E-state index is 0.117. The van der Waals surface area contributed by atoms with Crippen molar-refractivity contribution in [3.63, 3.8) is 0 Å². The van der Waals surface area contributed by atoms with Crippen molar-refractivity contribution in [3.05, 3.63) is 29.8 Å². The number of hydrogen-bond donors (Lipinski definition) is 1. The van der Waals surface area contributed by atoms with E-state index in [4.69, 9.17) is 9.47 Å². The highest BCUT2D eigenvalue weighted by atomic mass is 16.5. The molecule has 4 rings (SSSR count). The van der Waals surface area contributed by atoms with Gasteiger partial charge in [-0.3, -0.25) is 9.69 Å². The van der Waals surface area contributed by atoms with Crippen molar-refractivity contribution < 1.29 is 14.3 Å². The van der Waals surface area contributed by atoms with Crippen LogP contribution in [0.15, 0.2) is 24.3 Å². The van der Waals surface area contributed by atoms with E-state index in [1.807, 2.05) is 12.1 Å². The predicted molar refractivity (Wildman–Crippen MR) is 95.4 cm³/mol. The van der Waals surface area contributed by atoms with Crippen molar-refractivity contribution in [2.45, 2.75) is 44.4 Å². The Morgan fingerprint density at radius 2 is 2.08 bits per heavy atom. The fraction of sp³-hybridized carbons (Fsp3) is 0.650. The molecule has 1 aromatic carbocycles. The lowest BCUT2D eigenvalue weighted by Gasteiger charge is -2.35. The Bertz CT molecular complexity index is 599. The Morgan fingerprint density at radius 1 is 1.28 bits per heavy atom. The van der Waals surface area contributed by atoms with Crippen molar-refractivity contribution in [3.8, 4) is 5.75 Å². The van der Waals surface area contributed by atoms with Crippen molar-refractivity contribution in [2.75, 3.05) is 26.8 Å². The molecule has 0 bridgehead atoms. The van der Waals surface area contributed by atoms with Crippen LogP contribution in [0, 0.1) is 11.8 Å². The van der Waals surface area contributed by atoms with E-state index in [-0.39, 0.29) is 12.0 Å². The number of piperidine rings is 1. The van der Waals surface area contributed by atoms with Crippen LogP contribution in [0.25, 0.3) is 0 Å². The molecular weight excluding hydrogens is 316 g/mol. The van der Waals surface area contributed by atoms with Gasteiger partial charge in [0, 0.05) is 25.0 Å². The first kappa shape index (κ1) is 16.9. The third kappa shape index (κ3) is 4.15. The van der Waals surface area contributed by atoms with Gasteiger partial charge in [0.05, 0.1) is 26.2 Å². The monoisotopic (exact) mass is 344 g/mol. The lowest BCUT2D eigenvalue weighted by atomic mass is 9.83. The molecule has 25 heavy (non-hydrogen) atoms. The zero-order valence-electron chi connectivity index (χ0n) is 14.9. The van der Waals surface area contributed by atoms with Gasteiger partial charge in [-0.1, -0.05) is 12.1 Å². The predicted octanol–water partition coefficient (Wildman–Crippen LogP) is 2.20. The molecule has 3 aliphatic rings. The van der Waals surface area contributed by atoms with Gasteiger partial charge in [0.1, 0.15) is 5.75 Å². The molecule has 1 N–H and O–H groups in total. The number of benzene rings is 1. The zero-order chi connectivity index (χ0) is 17.2. The van der Waals surface area contributed by atoms with Gasteiger partial charge in [-0.2, -0.15) is 0 Å². The van der Waals surface area contributed by atoms with Crippen LogP contribution in [-0.4, -0.2) is 49.8 Å². The summed E-state index contributed by atoms with van der Waals surface area (Å²) in [5.41, 5.74) is 1.32. The minimum Gasteiger partial charge on any atom is -0.497 e. The number of fused-ring (bicyclic) bond motifs is 1. The summed E-state index contributed by atoms with van der Waals surface area (Å²) in [5, 5.41) is 3.09. The first-order valence-electron chi connectivity index (χ1n) is 9.47. The first-order chi connectivity index (χ1) is 12.2. The molecule has 1 aromatic rings. The number of methoxy groups -OCH3 is 1. The van der Waals surface area contributed by atoms with Crippen LogP contribution in [0.3, 0.4) is 0 Å². The van der Waals surface area contributed by atoms with Crippen LogP contribution in [0.4, 0.5) is 0 Å². The van der Waals surface area contributed by atoms with E-state index < -0.39 is 0 Å². The third-order valence-electron chi connectivity index (χ3n) is 5.77. The van der Waals surface area contributed by atoms with Gasteiger partial charge in [-0.05, 0) is 49.4 Å². The molecule has 0 aromatic heterocycles. The maximum absolute atomic E-state index is 12.1. The molecule has 1 amide bonds. The number of carbonyl (C=O) groups excluding carboxylic acids is 1. The Kier molecular flexibility index (Phi) is 4.95. The van der Waals surface area contributed by atoms with E-state index in [9.17, 15) is 4.79 Å². The van der Waals surface area contributed by atoms with Crippen LogP contribution in [0.2, 0.25) is 0 Å². The highest BCUT2D eigenvalue weighted by Gasteiger charge is 2.41. The summed E-state index contributed by atoms with van der Waals surface area (Å²) in [6, 6.07) is 8.77. The molecular formula is C20H28N2O3.